The van der Waals surface area contributed by atoms with Crippen LogP contribution in [-0.2, 0) is 4.74 Å². The molecular weight excluding hydrogens is 290 g/mol. The van der Waals surface area contributed by atoms with Crippen LogP contribution < -0.4 is 0 Å². The molecule has 0 aliphatic rings. The van der Waals surface area contributed by atoms with Crippen LogP contribution in [0.4, 0.5) is 0 Å². The largest absolute Gasteiger partial charge is 0.462 e. The van der Waals surface area contributed by atoms with Gasteiger partial charge in [0.05, 0.1) is 18.5 Å². The van der Waals surface area contributed by atoms with Crippen molar-refractivity contribution in [3.63, 3.8) is 0 Å². The zero-order chi connectivity index (χ0) is 14.8. The minimum absolute atomic E-state index is 0.211. The number of esters is 1. The first-order valence-corrected chi connectivity index (χ1v) is 6.85. The number of fused-ring (bicyclic) bond motifs is 1. The van der Waals surface area contributed by atoms with E-state index >= 15 is 0 Å². The smallest absolute Gasteiger partial charge is 0.342 e. The lowest BCUT2D eigenvalue weighted by atomic mass is 10.2. The predicted molar refractivity (Wildman–Crippen MR) is 79.4 cm³/mol. The Hall–Kier alpha value is -2.40. The molecule has 0 N–H and O–H groups in total. The summed E-state index contributed by atoms with van der Waals surface area (Å²) in [4.78, 5) is 16.5. The average Bonchev–Trinajstić information content (AvgIpc) is 2.91. The van der Waals surface area contributed by atoms with Crippen molar-refractivity contribution in [2.75, 3.05) is 6.61 Å². The van der Waals surface area contributed by atoms with Crippen LogP contribution >= 0.6 is 11.6 Å². The molecule has 5 nitrogen and oxygen atoms in total. The molecule has 0 amide bonds. The second kappa shape index (κ2) is 5.54. The molecule has 0 aliphatic heterocycles. The number of aromatic nitrogens is 3. The van der Waals surface area contributed by atoms with Gasteiger partial charge in [0, 0.05) is 5.56 Å². The monoisotopic (exact) mass is 301 g/mol. The van der Waals surface area contributed by atoms with Crippen LogP contribution in [0.15, 0.2) is 42.6 Å². The summed E-state index contributed by atoms with van der Waals surface area (Å²) in [5.74, 6) is -0.461. The van der Waals surface area contributed by atoms with E-state index in [-0.39, 0.29) is 11.8 Å². The molecule has 6 heteroatoms. The highest BCUT2D eigenvalue weighted by molar-refractivity contribution is 6.29. The van der Waals surface area contributed by atoms with Crippen molar-refractivity contribution >= 4 is 23.2 Å². The van der Waals surface area contributed by atoms with Crippen molar-refractivity contribution in [1.29, 1.82) is 0 Å². The van der Waals surface area contributed by atoms with Crippen LogP contribution in [0, 0.1) is 0 Å². The summed E-state index contributed by atoms with van der Waals surface area (Å²) in [6.07, 6.45) is 1.74. The molecule has 0 aliphatic carbocycles. The fourth-order valence-electron chi connectivity index (χ4n) is 2.05. The molecule has 3 rings (SSSR count). The van der Waals surface area contributed by atoms with E-state index < -0.39 is 5.97 Å². The van der Waals surface area contributed by atoms with Crippen LogP contribution in [0.2, 0.25) is 5.15 Å². The van der Waals surface area contributed by atoms with Gasteiger partial charge < -0.3 is 4.74 Å². The van der Waals surface area contributed by atoms with E-state index in [9.17, 15) is 4.79 Å². The van der Waals surface area contributed by atoms with Crippen LogP contribution in [0.25, 0.3) is 16.9 Å². The number of ether oxygens (including phenoxy) is 1. The van der Waals surface area contributed by atoms with Gasteiger partial charge in [0.15, 0.2) is 10.8 Å². The molecule has 2 heterocycles. The maximum Gasteiger partial charge on any atom is 0.342 e. The van der Waals surface area contributed by atoms with E-state index in [4.69, 9.17) is 16.3 Å². The zero-order valence-electron chi connectivity index (χ0n) is 11.3. The molecule has 1 aromatic carbocycles. The molecule has 0 saturated heterocycles. The van der Waals surface area contributed by atoms with Crippen molar-refractivity contribution < 1.29 is 9.53 Å². The highest BCUT2D eigenvalue weighted by Crippen LogP contribution is 2.22. The van der Waals surface area contributed by atoms with E-state index in [1.807, 2.05) is 30.3 Å². The van der Waals surface area contributed by atoms with E-state index in [1.165, 1.54) is 10.6 Å². The number of halogens is 1. The van der Waals surface area contributed by atoms with Crippen molar-refractivity contribution in [1.82, 2.24) is 14.6 Å². The molecule has 106 valence electrons. The van der Waals surface area contributed by atoms with Gasteiger partial charge in [-0.3, -0.25) is 0 Å². The van der Waals surface area contributed by atoms with Crippen LogP contribution in [0.3, 0.4) is 0 Å². The molecule has 0 bridgehead atoms. The summed E-state index contributed by atoms with van der Waals surface area (Å²) in [7, 11) is 0. The van der Waals surface area contributed by atoms with Crippen molar-refractivity contribution in [2.24, 2.45) is 0 Å². The lowest BCUT2D eigenvalue weighted by molar-refractivity contribution is 0.0527. The standard InChI is InChI=1S/C15H12ClN3O2/c1-2-21-15(20)11-8-13(16)18-19-9-12(17-14(11)19)10-6-4-3-5-7-10/h3-9H,2H2,1H3. The summed E-state index contributed by atoms with van der Waals surface area (Å²) in [6, 6.07) is 11.1. The average molecular weight is 302 g/mol. The predicted octanol–water partition coefficient (Wildman–Crippen LogP) is 3.23. The van der Waals surface area contributed by atoms with Gasteiger partial charge in [-0.1, -0.05) is 41.9 Å². The Morgan fingerprint density at radius 3 is 2.81 bits per heavy atom. The number of rotatable bonds is 3. The highest BCUT2D eigenvalue weighted by Gasteiger charge is 2.17. The fourth-order valence-corrected chi connectivity index (χ4v) is 2.24. The third kappa shape index (κ3) is 2.60. The molecule has 3 aromatic rings. The Morgan fingerprint density at radius 2 is 2.10 bits per heavy atom. The summed E-state index contributed by atoms with van der Waals surface area (Å²) in [5.41, 5.74) is 2.39. The van der Waals surface area contributed by atoms with Gasteiger partial charge in [-0.2, -0.15) is 5.10 Å². The third-order valence-electron chi connectivity index (χ3n) is 2.96. The summed E-state index contributed by atoms with van der Waals surface area (Å²) >= 11 is 5.96. The lowest BCUT2D eigenvalue weighted by Crippen LogP contribution is -2.08. The van der Waals surface area contributed by atoms with Gasteiger partial charge in [-0.25, -0.2) is 14.3 Å². The second-order valence-electron chi connectivity index (χ2n) is 4.36. The molecule has 0 atom stereocenters. The number of benzene rings is 1. The van der Waals surface area contributed by atoms with E-state index in [1.54, 1.807) is 13.1 Å². The molecule has 21 heavy (non-hydrogen) atoms. The molecule has 0 radical (unpaired) electrons. The van der Waals surface area contributed by atoms with E-state index in [0.29, 0.717) is 11.2 Å². The maximum absolute atomic E-state index is 12.0. The van der Waals surface area contributed by atoms with Crippen LogP contribution in [0.5, 0.6) is 0 Å². The van der Waals surface area contributed by atoms with Crippen molar-refractivity contribution in [3.05, 3.63) is 53.3 Å². The van der Waals surface area contributed by atoms with Crippen LogP contribution in [-0.4, -0.2) is 27.2 Å². The summed E-state index contributed by atoms with van der Waals surface area (Å²) in [5, 5.41) is 4.35. The molecule has 0 spiro atoms. The second-order valence-corrected chi connectivity index (χ2v) is 4.75. The zero-order valence-corrected chi connectivity index (χ0v) is 12.0. The van der Waals surface area contributed by atoms with Crippen molar-refractivity contribution in [3.8, 4) is 11.3 Å². The van der Waals surface area contributed by atoms with Gasteiger partial charge in [0.2, 0.25) is 0 Å². The molecule has 0 fully saturated rings. The number of carbonyl (C=O) groups is 1. The Kier molecular flexibility index (Phi) is 3.58. The number of hydrogen-bond acceptors (Lipinski definition) is 4. The summed E-state index contributed by atoms with van der Waals surface area (Å²) < 4.78 is 6.52. The normalized spacial score (nSPS) is 10.8. The van der Waals surface area contributed by atoms with Crippen LogP contribution in [0.1, 0.15) is 17.3 Å². The molecule has 0 saturated carbocycles. The lowest BCUT2D eigenvalue weighted by Gasteiger charge is -2.03. The first-order chi connectivity index (χ1) is 10.2. The Balaban J connectivity index is 2.17. The Morgan fingerprint density at radius 1 is 1.33 bits per heavy atom. The van der Waals surface area contributed by atoms with Gasteiger partial charge in [0.25, 0.3) is 0 Å². The van der Waals surface area contributed by atoms with E-state index in [2.05, 4.69) is 10.1 Å². The van der Waals surface area contributed by atoms with Gasteiger partial charge in [-0.15, -0.1) is 0 Å². The third-order valence-corrected chi connectivity index (χ3v) is 3.15. The molecule has 0 unspecified atom stereocenters. The fraction of sp³-hybridized carbons (Fsp3) is 0.133. The quantitative estimate of drug-likeness (QED) is 0.697. The summed E-state index contributed by atoms with van der Waals surface area (Å²) in [6.45, 7) is 2.04. The maximum atomic E-state index is 12.0. The SMILES string of the molecule is CCOC(=O)c1cc(Cl)nn2cc(-c3ccccc3)nc12. The molecular formula is C15H12ClN3O2. The number of nitrogens with zero attached hydrogens (tertiary/aromatic N) is 3. The minimum Gasteiger partial charge on any atom is -0.462 e. The number of carbonyl (C=O) groups excluding carboxylic acids is 1. The Labute approximate surface area is 126 Å². The first-order valence-electron chi connectivity index (χ1n) is 6.47. The topological polar surface area (TPSA) is 56.5 Å². The first kappa shape index (κ1) is 13.6. The number of imidazole rings is 1. The Bertz CT molecular complexity index is 799. The highest BCUT2D eigenvalue weighted by atomic mass is 35.5. The van der Waals surface area contributed by atoms with Gasteiger partial charge in [0.1, 0.15) is 5.56 Å². The number of hydrogen-bond donors (Lipinski definition) is 0. The van der Waals surface area contributed by atoms with E-state index in [0.717, 1.165) is 11.3 Å². The van der Waals surface area contributed by atoms with Gasteiger partial charge in [-0.05, 0) is 13.0 Å². The van der Waals surface area contributed by atoms with Crippen molar-refractivity contribution in [2.45, 2.75) is 6.92 Å². The molecule has 2 aromatic heterocycles. The minimum atomic E-state index is -0.461. The van der Waals surface area contributed by atoms with Gasteiger partial charge >= 0.3 is 5.97 Å².